The summed E-state index contributed by atoms with van der Waals surface area (Å²) in [6.45, 7) is 6.16. The highest BCUT2D eigenvalue weighted by molar-refractivity contribution is 6.01. The average molecular weight is 1010 g/mol. The first-order valence-electron chi connectivity index (χ1n) is 25.8. The summed E-state index contributed by atoms with van der Waals surface area (Å²) >= 11 is 0. The minimum absolute atomic E-state index is 0.0216. The molecule has 0 spiro atoms. The number of esters is 4. The molecule has 4 aromatic rings. The fourth-order valence-corrected chi connectivity index (χ4v) is 7.78. The molecule has 73 heavy (non-hydrogen) atoms. The fourth-order valence-electron chi connectivity index (χ4n) is 7.78. The van der Waals surface area contributed by atoms with Gasteiger partial charge in [0.1, 0.15) is 0 Å². The van der Waals surface area contributed by atoms with Gasteiger partial charge in [0.15, 0.2) is 28.4 Å². The van der Waals surface area contributed by atoms with Gasteiger partial charge in [0.25, 0.3) is 0 Å². The molecule has 4 N–H and O–H groups in total. The van der Waals surface area contributed by atoms with Crippen LogP contribution in [0.4, 0.5) is 11.4 Å². The lowest BCUT2D eigenvalue weighted by Gasteiger charge is -2.30. The molecule has 0 aliphatic heterocycles. The van der Waals surface area contributed by atoms with Gasteiger partial charge in [0.2, 0.25) is 0 Å². The van der Waals surface area contributed by atoms with Crippen LogP contribution in [-0.2, 0) is 51.0 Å². The minimum Gasteiger partial charge on any atom is -0.493 e. The number of carbonyl (C=O) groups is 4. The van der Waals surface area contributed by atoms with Crippen LogP contribution in [-0.4, -0.2) is 77.7 Å². The van der Waals surface area contributed by atoms with Crippen molar-refractivity contribution in [1.29, 1.82) is 0 Å². The van der Waals surface area contributed by atoms with Crippen LogP contribution < -0.4 is 30.4 Å². The number of hydrogen-bond donors (Lipinski definition) is 2. The Bertz CT molecular complexity index is 2160. The number of unbranched alkanes of at least 4 members (excludes halogenated alkanes) is 10. The molecule has 0 bridgehead atoms. The van der Waals surface area contributed by atoms with Crippen molar-refractivity contribution in [2.45, 2.75) is 117 Å². The van der Waals surface area contributed by atoms with Gasteiger partial charge in [-0.25, -0.2) is 9.59 Å². The fraction of sp³-hybridized carbons (Fsp3) is 0.458. The zero-order valence-electron chi connectivity index (χ0n) is 43.5. The number of hydrogen-bond acceptors (Lipinski definition) is 14. The Labute approximate surface area is 432 Å². The van der Waals surface area contributed by atoms with Crippen LogP contribution in [0.5, 0.6) is 23.0 Å². The van der Waals surface area contributed by atoms with E-state index in [0.29, 0.717) is 97.2 Å². The zero-order chi connectivity index (χ0) is 52.5. The number of nitrogen functional groups attached to an aromatic ring is 2. The molecule has 0 heterocycles. The molecule has 4 aromatic carbocycles. The van der Waals surface area contributed by atoms with Gasteiger partial charge in [-0.1, -0.05) is 75.9 Å². The normalized spacial score (nSPS) is 11.3. The van der Waals surface area contributed by atoms with E-state index >= 15 is 0 Å². The van der Waals surface area contributed by atoms with Crippen molar-refractivity contribution in [2.75, 3.05) is 65.3 Å². The maximum Gasteiger partial charge on any atom is 0.330 e. The van der Waals surface area contributed by atoms with Crippen LogP contribution >= 0.6 is 0 Å². The van der Waals surface area contributed by atoms with Crippen molar-refractivity contribution < 1.29 is 57.1 Å². The quantitative estimate of drug-likeness (QED) is 0.0109. The summed E-state index contributed by atoms with van der Waals surface area (Å²) in [5.74, 6) is 0.242. The number of ether oxygens (including phenoxy) is 8. The summed E-state index contributed by atoms with van der Waals surface area (Å²) in [5, 5.41) is 0. The molecule has 0 atom stereocenters. The van der Waals surface area contributed by atoms with Crippen molar-refractivity contribution >= 4 is 47.4 Å². The molecule has 0 saturated carbocycles. The van der Waals surface area contributed by atoms with Crippen LogP contribution in [0.25, 0.3) is 12.2 Å². The van der Waals surface area contributed by atoms with Crippen molar-refractivity contribution in [3.05, 3.63) is 119 Å². The van der Waals surface area contributed by atoms with Gasteiger partial charge in [-0.3, -0.25) is 9.59 Å². The van der Waals surface area contributed by atoms with E-state index in [0.717, 1.165) is 62.5 Å². The van der Waals surface area contributed by atoms with E-state index in [4.69, 9.17) is 49.4 Å². The van der Waals surface area contributed by atoms with E-state index in [1.54, 1.807) is 74.9 Å². The van der Waals surface area contributed by atoms with Gasteiger partial charge in [-0.05, 0) is 160 Å². The van der Waals surface area contributed by atoms with Crippen LogP contribution in [0, 0.1) is 5.41 Å². The summed E-state index contributed by atoms with van der Waals surface area (Å²) in [6, 6.07) is 25.1. The number of methoxy groups -OCH3 is 2. The smallest absolute Gasteiger partial charge is 0.330 e. The highest BCUT2D eigenvalue weighted by atomic mass is 16.6. The van der Waals surface area contributed by atoms with Gasteiger partial charge in [0.05, 0.1) is 53.9 Å². The lowest BCUT2D eigenvalue weighted by Crippen LogP contribution is -2.46. The molecule has 0 saturated heterocycles. The topological polar surface area (TPSA) is 194 Å². The van der Waals surface area contributed by atoms with Gasteiger partial charge >= 0.3 is 23.9 Å². The van der Waals surface area contributed by atoms with Crippen LogP contribution in [0.1, 0.15) is 126 Å². The SMILES string of the molecule is CCCCCOc1ccc(/C=C/C(=O)OCCCCCCOC(=O)C(Cc2ccc(N)cc2)(Cc2ccc(N)cc2)C(=O)OCCCCCCOC(=O)/C=C/c2ccc(OCCCCC)c(OC)c2)cc1OC. The summed E-state index contributed by atoms with van der Waals surface area (Å²) in [7, 11) is 3.17. The Morgan fingerprint density at radius 2 is 0.795 bits per heavy atom. The summed E-state index contributed by atoms with van der Waals surface area (Å²) < 4.78 is 45.3. The van der Waals surface area contributed by atoms with Crippen LogP contribution in [0.15, 0.2) is 97.1 Å². The Morgan fingerprint density at radius 1 is 0.438 bits per heavy atom. The molecular formula is C59H78N2O12. The van der Waals surface area contributed by atoms with E-state index in [1.165, 1.54) is 12.2 Å². The lowest BCUT2D eigenvalue weighted by atomic mass is 9.76. The van der Waals surface area contributed by atoms with Crippen molar-refractivity contribution in [3.63, 3.8) is 0 Å². The first-order chi connectivity index (χ1) is 35.5. The monoisotopic (exact) mass is 1010 g/mol. The maximum atomic E-state index is 14.3. The molecule has 0 radical (unpaired) electrons. The first kappa shape index (κ1) is 58.6. The molecule has 14 nitrogen and oxygen atoms in total. The van der Waals surface area contributed by atoms with E-state index in [1.807, 2.05) is 36.4 Å². The number of benzene rings is 4. The lowest BCUT2D eigenvalue weighted by molar-refractivity contribution is -0.173. The second-order valence-electron chi connectivity index (χ2n) is 18.0. The average Bonchev–Trinajstić information content (AvgIpc) is 3.40. The molecule has 0 amide bonds. The Balaban J connectivity index is 1.24. The predicted molar refractivity (Wildman–Crippen MR) is 286 cm³/mol. The predicted octanol–water partition coefficient (Wildman–Crippen LogP) is 11.5. The van der Waals surface area contributed by atoms with Gasteiger partial charge < -0.3 is 49.4 Å². The number of anilines is 2. The molecule has 0 aliphatic rings. The third-order valence-electron chi connectivity index (χ3n) is 12.0. The summed E-state index contributed by atoms with van der Waals surface area (Å²) in [6.07, 6.45) is 17.7. The first-order valence-corrected chi connectivity index (χ1v) is 25.8. The van der Waals surface area contributed by atoms with E-state index in [9.17, 15) is 19.2 Å². The standard InChI is InChI=1S/C59H78N2O12/c1-5-7-13-35-68-51-31-23-45(41-53(51)66-3)25-33-55(62)70-37-15-9-11-17-39-72-57(64)59(43-47-19-27-49(60)28-20-47,44-48-21-29-50(61)30-22-48)58(65)73-40-18-12-10-16-38-71-56(63)34-26-46-24-32-52(54(42-46)67-4)69-36-14-8-6-2/h19-34,41-42H,5-18,35-40,43-44,60-61H2,1-4H3/b33-25+,34-26+. The molecule has 0 unspecified atom stereocenters. The second kappa shape index (κ2) is 33.6. The Kier molecular flexibility index (Phi) is 27.0. The number of rotatable bonds is 36. The number of carbonyl (C=O) groups excluding carboxylic acids is 4. The van der Waals surface area contributed by atoms with Crippen molar-refractivity contribution in [1.82, 2.24) is 0 Å². The van der Waals surface area contributed by atoms with Crippen LogP contribution in [0.2, 0.25) is 0 Å². The minimum atomic E-state index is -1.71. The van der Waals surface area contributed by atoms with Gasteiger partial charge in [-0.15, -0.1) is 0 Å². The molecule has 0 fully saturated rings. The van der Waals surface area contributed by atoms with Crippen molar-refractivity contribution in [2.24, 2.45) is 5.41 Å². The third-order valence-corrected chi connectivity index (χ3v) is 12.0. The van der Waals surface area contributed by atoms with E-state index in [-0.39, 0.29) is 39.3 Å². The van der Waals surface area contributed by atoms with E-state index < -0.39 is 29.3 Å². The zero-order valence-corrected chi connectivity index (χ0v) is 43.5. The summed E-state index contributed by atoms with van der Waals surface area (Å²) in [5.41, 5.74) is 14.4. The molecule has 0 aromatic heterocycles. The third kappa shape index (κ3) is 21.7. The Hall–Kier alpha value is -6.96. The van der Waals surface area contributed by atoms with Gasteiger partial charge in [-0.2, -0.15) is 0 Å². The largest absolute Gasteiger partial charge is 0.493 e. The number of nitrogens with two attached hydrogens (primary N) is 2. The summed E-state index contributed by atoms with van der Waals surface area (Å²) in [4.78, 5) is 53.6. The molecular weight excluding hydrogens is 929 g/mol. The van der Waals surface area contributed by atoms with Crippen molar-refractivity contribution in [3.8, 4) is 23.0 Å². The highest BCUT2D eigenvalue weighted by Gasteiger charge is 2.49. The van der Waals surface area contributed by atoms with E-state index in [2.05, 4.69) is 13.8 Å². The van der Waals surface area contributed by atoms with Crippen LogP contribution in [0.3, 0.4) is 0 Å². The second-order valence-corrected chi connectivity index (χ2v) is 18.0. The Morgan fingerprint density at radius 3 is 1.15 bits per heavy atom. The molecule has 396 valence electrons. The molecule has 0 aliphatic carbocycles. The molecule has 14 heteroatoms. The highest BCUT2D eigenvalue weighted by Crippen LogP contribution is 2.34. The molecule has 4 rings (SSSR count). The maximum absolute atomic E-state index is 14.3. The van der Waals surface area contributed by atoms with Gasteiger partial charge in [0, 0.05) is 23.5 Å².